The number of Topliss-reactive ketones (excluding diaryl/α,β-unsaturated/α-hetero) is 1. The number of fused-ring (bicyclic) bond motifs is 1. The number of amides is 1. The molecular formula is C12H10FNO3. The van der Waals surface area contributed by atoms with Crippen molar-refractivity contribution in [1.82, 2.24) is 0 Å². The molecule has 0 saturated heterocycles. The van der Waals surface area contributed by atoms with Crippen LogP contribution in [0.15, 0.2) is 12.1 Å². The summed E-state index contributed by atoms with van der Waals surface area (Å²) < 4.78 is 13.2. The highest BCUT2D eigenvalue weighted by molar-refractivity contribution is 6.52. The van der Waals surface area contributed by atoms with Crippen molar-refractivity contribution in [3.8, 4) is 0 Å². The predicted molar refractivity (Wildman–Crippen MR) is 58.5 cm³/mol. The molecule has 1 amide bonds. The van der Waals surface area contributed by atoms with E-state index in [4.69, 9.17) is 0 Å². The molecule has 0 radical (unpaired) electrons. The largest absolute Gasteiger partial charge is 0.304 e. The van der Waals surface area contributed by atoms with Gasteiger partial charge in [0.05, 0.1) is 11.3 Å². The molecule has 0 saturated carbocycles. The van der Waals surface area contributed by atoms with Crippen LogP contribution in [-0.4, -0.2) is 24.5 Å². The molecule has 2 rings (SSSR count). The first-order chi connectivity index (χ1) is 8.06. The van der Waals surface area contributed by atoms with Crippen molar-refractivity contribution in [3.63, 3.8) is 0 Å². The maximum atomic E-state index is 13.2. The summed E-state index contributed by atoms with van der Waals surface area (Å²) in [6.45, 7) is 1.77. The molecule has 1 heterocycles. The van der Waals surface area contributed by atoms with E-state index in [1.165, 1.54) is 11.0 Å². The number of ketones is 1. The molecule has 0 atom stereocenters. The summed E-state index contributed by atoms with van der Waals surface area (Å²) in [4.78, 5) is 34.9. The minimum Gasteiger partial charge on any atom is -0.304 e. The van der Waals surface area contributed by atoms with Crippen LogP contribution >= 0.6 is 0 Å². The molecule has 17 heavy (non-hydrogen) atoms. The highest BCUT2D eigenvalue weighted by Crippen LogP contribution is 2.33. The second-order valence-electron chi connectivity index (χ2n) is 3.86. The Morgan fingerprint density at radius 1 is 1.35 bits per heavy atom. The first kappa shape index (κ1) is 11.4. The number of hydrogen-bond donors (Lipinski definition) is 0. The van der Waals surface area contributed by atoms with E-state index in [0.29, 0.717) is 17.5 Å². The summed E-state index contributed by atoms with van der Waals surface area (Å²) >= 11 is 0. The lowest BCUT2D eigenvalue weighted by Gasteiger charge is -2.16. The molecule has 0 spiro atoms. The second-order valence-corrected chi connectivity index (χ2v) is 3.86. The first-order valence-corrected chi connectivity index (χ1v) is 5.16. The number of halogens is 1. The Morgan fingerprint density at radius 3 is 2.71 bits per heavy atom. The molecule has 5 heteroatoms. The number of aryl methyl sites for hydroxylation is 1. The van der Waals surface area contributed by atoms with E-state index in [2.05, 4.69) is 0 Å². The van der Waals surface area contributed by atoms with E-state index < -0.39 is 17.5 Å². The number of aldehydes is 1. The van der Waals surface area contributed by atoms with Gasteiger partial charge in [0.1, 0.15) is 12.1 Å². The standard InChI is InChI=1S/C12H10FNO3/c1-7-5-8(13)6-9-10(7)14(3-2-4-15)12(17)11(9)16/h4-6H,2-3H2,1H3. The van der Waals surface area contributed by atoms with E-state index in [-0.39, 0.29) is 18.5 Å². The average molecular weight is 235 g/mol. The fraction of sp³-hybridized carbons (Fsp3) is 0.250. The van der Waals surface area contributed by atoms with Gasteiger partial charge in [0.2, 0.25) is 0 Å². The van der Waals surface area contributed by atoms with Crippen LogP contribution in [0.1, 0.15) is 22.3 Å². The van der Waals surface area contributed by atoms with E-state index >= 15 is 0 Å². The minimum atomic E-state index is -0.714. The van der Waals surface area contributed by atoms with E-state index in [9.17, 15) is 18.8 Å². The molecule has 0 fully saturated rings. The van der Waals surface area contributed by atoms with Gasteiger partial charge >= 0.3 is 0 Å². The number of carbonyl (C=O) groups excluding carboxylic acids is 3. The Morgan fingerprint density at radius 2 is 2.06 bits per heavy atom. The van der Waals surface area contributed by atoms with Crippen molar-refractivity contribution < 1.29 is 18.8 Å². The third-order valence-electron chi connectivity index (χ3n) is 2.69. The van der Waals surface area contributed by atoms with Crippen LogP contribution < -0.4 is 4.90 Å². The number of carbonyl (C=O) groups is 3. The zero-order valence-corrected chi connectivity index (χ0v) is 9.20. The Balaban J connectivity index is 2.52. The zero-order valence-electron chi connectivity index (χ0n) is 9.20. The molecule has 88 valence electrons. The van der Waals surface area contributed by atoms with Gasteiger partial charge in [-0.15, -0.1) is 0 Å². The third kappa shape index (κ3) is 1.73. The van der Waals surface area contributed by atoms with Crippen LogP contribution in [0, 0.1) is 12.7 Å². The SMILES string of the molecule is Cc1cc(F)cc2c1N(CCC=O)C(=O)C2=O. The molecule has 4 nitrogen and oxygen atoms in total. The summed E-state index contributed by atoms with van der Waals surface area (Å²) in [7, 11) is 0. The highest BCUT2D eigenvalue weighted by atomic mass is 19.1. The number of benzene rings is 1. The molecule has 1 aliphatic rings. The smallest absolute Gasteiger partial charge is 0.299 e. The molecule has 0 N–H and O–H groups in total. The van der Waals surface area contributed by atoms with Crippen molar-refractivity contribution in [2.24, 2.45) is 0 Å². The van der Waals surface area contributed by atoms with Crippen molar-refractivity contribution in [1.29, 1.82) is 0 Å². The first-order valence-electron chi connectivity index (χ1n) is 5.16. The highest BCUT2D eigenvalue weighted by Gasteiger charge is 2.36. The van der Waals surface area contributed by atoms with Crippen LogP contribution in [-0.2, 0) is 9.59 Å². The molecule has 1 aromatic rings. The van der Waals surface area contributed by atoms with Gasteiger partial charge in [-0.05, 0) is 24.6 Å². The summed E-state index contributed by atoms with van der Waals surface area (Å²) in [6, 6.07) is 2.32. The van der Waals surface area contributed by atoms with E-state index in [1.54, 1.807) is 6.92 Å². The Kier molecular flexibility index (Phi) is 2.75. The van der Waals surface area contributed by atoms with E-state index in [0.717, 1.165) is 6.07 Å². The Labute approximate surface area is 97.0 Å². The van der Waals surface area contributed by atoms with Gasteiger partial charge in [-0.3, -0.25) is 9.59 Å². The van der Waals surface area contributed by atoms with Crippen LogP contribution in [0.2, 0.25) is 0 Å². The zero-order chi connectivity index (χ0) is 12.6. The van der Waals surface area contributed by atoms with Crippen molar-refractivity contribution >= 4 is 23.7 Å². The van der Waals surface area contributed by atoms with Crippen LogP contribution in [0.4, 0.5) is 10.1 Å². The summed E-state index contributed by atoms with van der Waals surface area (Å²) in [5, 5.41) is 0. The molecule has 0 bridgehead atoms. The topological polar surface area (TPSA) is 54.5 Å². The number of hydrogen-bond acceptors (Lipinski definition) is 3. The molecule has 1 aliphatic heterocycles. The lowest BCUT2D eigenvalue weighted by molar-refractivity contribution is -0.114. The van der Waals surface area contributed by atoms with Gasteiger partial charge in [0.15, 0.2) is 0 Å². The fourth-order valence-electron chi connectivity index (χ4n) is 2.00. The maximum absolute atomic E-state index is 13.2. The molecular weight excluding hydrogens is 225 g/mol. The molecule has 0 aliphatic carbocycles. The molecule has 0 unspecified atom stereocenters. The van der Waals surface area contributed by atoms with Gasteiger partial charge in [-0.25, -0.2) is 4.39 Å². The van der Waals surface area contributed by atoms with Crippen molar-refractivity contribution in [2.45, 2.75) is 13.3 Å². The summed E-state index contributed by atoms with van der Waals surface area (Å²) in [6.07, 6.45) is 0.823. The van der Waals surface area contributed by atoms with Crippen LogP contribution in [0.25, 0.3) is 0 Å². The lowest BCUT2D eigenvalue weighted by atomic mass is 10.1. The fourth-order valence-corrected chi connectivity index (χ4v) is 2.00. The van der Waals surface area contributed by atoms with Gasteiger partial charge in [-0.2, -0.15) is 0 Å². The second kappa shape index (κ2) is 4.08. The quantitative estimate of drug-likeness (QED) is 0.585. The molecule has 1 aromatic carbocycles. The number of rotatable bonds is 3. The molecule has 0 aromatic heterocycles. The van der Waals surface area contributed by atoms with Gasteiger partial charge in [0, 0.05) is 13.0 Å². The number of anilines is 1. The number of nitrogens with zero attached hydrogens (tertiary/aromatic N) is 1. The monoisotopic (exact) mass is 235 g/mol. The summed E-state index contributed by atoms with van der Waals surface area (Å²) in [5.74, 6) is -1.95. The van der Waals surface area contributed by atoms with Gasteiger partial charge in [-0.1, -0.05) is 0 Å². The maximum Gasteiger partial charge on any atom is 0.299 e. The lowest BCUT2D eigenvalue weighted by Crippen LogP contribution is -2.31. The average Bonchev–Trinajstić information content (AvgIpc) is 2.51. The Bertz CT molecular complexity index is 525. The third-order valence-corrected chi connectivity index (χ3v) is 2.69. The minimum absolute atomic E-state index is 0.0819. The predicted octanol–water partition coefficient (Wildman–Crippen LogP) is 1.25. The van der Waals surface area contributed by atoms with E-state index in [1.807, 2.05) is 0 Å². The van der Waals surface area contributed by atoms with Crippen LogP contribution in [0.3, 0.4) is 0 Å². The van der Waals surface area contributed by atoms with Gasteiger partial charge in [0.25, 0.3) is 11.7 Å². The van der Waals surface area contributed by atoms with Crippen molar-refractivity contribution in [3.05, 3.63) is 29.1 Å². The van der Waals surface area contributed by atoms with Gasteiger partial charge < -0.3 is 9.69 Å². The van der Waals surface area contributed by atoms with Crippen molar-refractivity contribution in [2.75, 3.05) is 11.4 Å². The normalized spacial score (nSPS) is 14.1. The Hall–Kier alpha value is -2.04. The van der Waals surface area contributed by atoms with Crippen LogP contribution in [0.5, 0.6) is 0 Å². The summed E-state index contributed by atoms with van der Waals surface area (Å²) in [5.41, 5.74) is 1.02.